The van der Waals surface area contributed by atoms with Crippen LogP contribution < -0.4 is 14.9 Å². The second-order valence-corrected chi connectivity index (χ2v) is 6.60. The predicted molar refractivity (Wildman–Crippen MR) is 92.0 cm³/mol. The van der Waals surface area contributed by atoms with Gasteiger partial charge in [-0.05, 0) is 24.3 Å². The Morgan fingerprint density at radius 3 is 2.60 bits per heavy atom. The molecular weight excluding hydrogens is 346 g/mol. The molecule has 0 atom stereocenters. The largest absolute Gasteiger partial charge is 0.504 e. The van der Waals surface area contributed by atoms with E-state index < -0.39 is 22.5 Å². The lowest BCUT2D eigenvalue weighted by atomic mass is 10.2. The number of nitrogens with zero attached hydrogens (tertiary/aromatic N) is 1. The zero-order valence-corrected chi connectivity index (χ0v) is 14.2. The number of sulfonamides is 1. The number of hydrogen-bond donors (Lipinski definition) is 3. The molecule has 0 aliphatic carbocycles. The number of para-hydroxylation sites is 1. The van der Waals surface area contributed by atoms with Crippen molar-refractivity contribution >= 4 is 22.1 Å². The van der Waals surface area contributed by atoms with E-state index in [4.69, 9.17) is 4.74 Å². The normalized spacial score (nSPS) is 11.4. The number of nitrogens with one attached hydrogen (secondary N) is 2. The Morgan fingerprint density at radius 1 is 1.20 bits per heavy atom. The molecule has 0 unspecified atom stereocenters. The van der Waals surface area contributed by atoms with Crippen LogP contribution in [0.1, 0.15) is 5.56 Å². The first-order valence-corrected chi connectivity index (χ1v) is 8.65. The fraction of sp³-hybridized carbons (Fsp3) is 0.125. The van der Waals surface area contributed by atoms with Crippen LogP contribution in [0.3, 0.4) is 0 Å². The summed E-state index contributed by atoms with van der Waals surface area (Å²) < 4.78 is 31.1. The van der Waals surface area contributed by atoms with Gasteiger partial charge in [0.2, 0.25) is 10.0 Å². The average molecular weight is 363 g/mol. The van der Waals surface area contributed by atoms with Crippen LogP contribution in [-0.2, 0) is 14.8 Å². The molecule has 2 rings (SSSR count). The van der Waals surface area contributed by atoms with Gasteiger partial charge in [-0.25, -0.2) is 18.6 Å². The van der Waals surface area contributed by atoms with Gasteiger partial charge in [-0.1, -0.05) is 24.3 Å². The molecule has 2 aromatic carbocycles. The first-order chi connectivity index (χ1) is 11.9. The average Bonchev–Trinajstić information content (AvgIpc) is 2.62. The topological polar surface area (TPSA) is 117 Å². The quantitative estimate of drug-likeness (QED) is 0.498. The van der Waals surface area contributed by atoms with E-state index in [1.54, 1.807) is 36.4 Å². The van der Waals surface area contributed by atoms with Gasteiger partial charge in [0.05, 0.1) is 24.8 Å². The summed E-state index contributed by atoms with van der Waals surface area (Å²) in [7, 11) is -2.35. The van der Waals surface area contributed by atoms with Crippen LogP contribution in [0.25, 0.3) is 0 Å². The molecule has 0 aliphatic heterocycles. The lowest BCUT2D eigenvalue weighted by Crippen LogP contribution is -2.34. The van der Waals surface area contributed by atoms with Crippen molar-refractivity contribution in [2.24, 2.45) is 5.10 Å². The summed E-state index contributed by atoms with van der Waals surface area (Å²) in [6.07, 6.45) is 1.22. The number of carbonyl (C=O) groups excluding carboxylic acids is 1. The van der Waals surface area contributed by atoms with Gasteiger partial charge < -0.3 is 9.84 Å². The van der Waals surface area contributed by atoms with Crippen LogP contribution in [0.4, 0.5) is 0 Å². The monoisotopic (exact) mass is 363 g/mol. The number of ether oxygens (including phenoxy) is 1. The van der Waals surface area contributed by atoms with Gasteiger partial charge >= 0.3 is 0 Å². The first-order valence-electron chi connectivity index (χ1n) is 7.16. The first kappa shape index (κ1) is 18.4. The summed E-state index contributed by atoms with van der Waals surface area (Å²) in [5.74, 6) is -0.503. The number of phenolic OH excluding ortho intramolecular Hbond substituents is 1. The zero-order chi connectivity index (χ0) is 18.3. The molecule has 0 spiro atoms. The molecule has 8 nitrogen and oxygen atoms in total. The molecule has 132 valence electrons. The van der Waals surface area contributed by atoms with Crippen molar-refractivity contribution in [3.8, 4) is 11.5 Å². The van der Waals surface area contributed by atoms with Gasteiger partial charge in [0.1, 0.15) is 0 Å². The second-order valence-electron chi connectivity index (χ2n) is 4.83. The minimum Gasteiger partial charge on any atom is -0.504 e. The number of phenols is 1. The molecule has 0 saturated carbocycles. The molecule has 0 bridgehead atoms. The summed E-state index contributed by atoms with van der Waals surface area (Å²) in [5.41, 5.74) is 2.51. The van der Waals surface area contributed by atoms with Gasteiger partial charge in [-0.15, -0.1) is 0 Å². The van der Waals surface area contributed by atoms with Crippen molar-refractivity contribution in [1.82, 2.24) is 10.1 Å². The molecule has 0 saturated heterocycles. The molecule has 1 amide bonds. The van der Waals surface area contributed by atoms with Crippen LogP contribution in [0, 0.1) is 0 Å². The Kier molecular flexibility index (Phi) is 6.09. The Balaban J connectivity index is 1.91. The van der Waals surface area contributed by atoms with Crippen LogP contribution in [0.2, 0.25) is 0 Å². The van der Waals surface area contributed by atoms with Crippen LogP contribution >= 0.6 is 0 Å². The van der Waals surface area contributed by atoms with Crippen LogP contribution in [0.5, 0.6) is 11.5 Å². The second kappa shape index (κ2) is 8.27. The van der Waals surface area contributed by atoms with E-state index in [1.807, 2.05) is 0 Å². The van der Waals surface area contributed by atoms with Crippen molar-refractivity contribution in [2.45, 2.75) is 4.90 Å². The van der Waals surface area contributed by atoms with E-state index in [1.165, 1.54) is 25.5 Å². The van der Waals surface area contributed by atoms with E-state index in [0.29, 0.717) is 5.56 Å². The maximum atomic E-state index is 12.0. The third-order valence-electron chi connectivity index (χ3n) is 3.12. The molecule has 2 aromatic rings. The van der Waals surface area contributed by atoms with Gasteiger partial charge in [-0.3, -0.25) is 4.79 Å². The van der Waals surface area contributed by atoms with E-state index in [9.17, 15) is 18.3 Å². The van der Waals surface area contributed by atoms with E-state index in [0.717, 1.165) is 0 Å². The molecule has 0 radical (unpaired) electrons. The van der Waals surface area contributed by atoms with Gasteiger partial charge in [-0.2, -0.15) is 5.10 Å². The van der Waals surface area contributed by atoms with Crippen molar-refractivity contribution in [1.29, 1.82) is 0 Å². The van der Waals surface area contributed by atoms with E-state index in [-0.39, 0.29) is 16.4 Å². The van der Waals surface area contributed by atoms with E-state index in [2.05, 4.69) is 15.2 Å². The number of hydrogen-bond acceptors (Lipinski definition) is 6. The summed E-state index contributed by atoms with van der Waals surface area (Å²) in [6.45, 7) is -0.474. The lowest BCUT2D eigenvalue weighted by molar-refractivity contribution is -0.119. The zero-order valence-electron chi connectivity index (χ0n) is 13.3. The van der Waals surface area contributed by atoms with Crippen LogP contribution in [0.15, 0.2) is 58.5 Å². The Hall–Kier alpha value is -2.91. The number of carbonyl (C=O) groups is 1. The standard InChI is InChI=1S/C16H17N3O5S/c1-24-14-9-5-6-12(16(14)21)10-17-19-15(20)11-18-25(22,23)13-7-3-2-4-8-13/h2-10,18,21H,11H2,1H3,(H,19,20). The van der Waals surface area contributed by atoms with Gasteiger partial charge in [0, 0.05) is 5.56 Å². The number of aromatic hydroxyl groups is 1. The number of amides is 1. The summed E-state index contributed by atoms with van der Waals surface area (Å²) in [4.78, 5) is 11.7. The maximum Gasteiger partial charge on any atom is 0.255 e. The molecule has 0 heterocycles. The molecule has 0 fully saturated rings. The fourth-order valence-electron chi connectivity index (χ4n) is 1.87. The SMILES string of the molecule is COc1cccc(C=NNC(=O)CNS(=O)(=O)c2ccccc2)c1O. The number of benzene rings is 2. The van der Waals surface area contributed by atoms with Crippen molar-refractivity contribution in [3.63, 3.8) is 0 Å². The molecule has 0 aliphatic rings. The molecule has 3 N–H and O–H groups in total. The van der Waals surface area contributed by atoms with Crippen LogP contribution in [-0.4, -0.2) is 39.3 Å². The minimum atomic E-state index is -3.77. The summed E-state index contributed by atoms with van der Waals surface area (Å²) in [6, 6.07) is 12.5. The Bertz CT molecular complexity index is 867. The highest BCUT2D eigenvalue weighted by molar-refractivity contribution is 7.89. The van der Waals surface area contributed by atoms with Gasteiger partial charge in [0.15, 0.2) is 11.5 Å². The number of methoxy groups -OCH3 is 1. The maximum absolute atomic E-state index is 12.0. The fourth-order valence-corrected chi connectivity index (χ4v) is 2.87. The molecular formula is C16H17N3O5S. The van der Waals surface area contributed by atoms with E-state index >= 15 is 0 Å². The van der Waals surface area contributed by atoms with Crippen molar-refractivity contribution in [2.75, 3.05) is 13.7 Å². The Labute approximate surface area is 145 Å². The minimum absolute atomic E-state index is 0.0626. The highest BCUT2D eigenvalue weighted by Gasteiger charge is 2.14. The third kappa shape index (κ3) is 5.03. The van der Waals surface area contributed by atoms with Gasteiger partial charge in [0.25, 0.3) is 5.91 Å². The van der Waals surface area contributed by atoms with Crippen molar-refractivity contribution in [3.05, 3.63) is 54.1 Å². The summed E-state index contributed by atoms with van der Waals surface area (Å²) >= 11 is 0. The number of rotatable bonds is 7. The third-order valence-corrected chi connectivity index (χ3v) is 4.54. The summed E-state index contributed by atoms with van der Waals surface area (Å²) in [5, 5.41) is 13.5. The lowest BCUT2D eigenvalue weighted by Gasteiger charge is -2.06. The highest BCUT2D eigenvalue weighted by Crippen LogP contribution is 2.27. The molecule has 9 heteroatoms. The smallest absolute Gasteiger partial charge is 0.255 e. The number of hydrazone groups is 1. The molecule has 0 aromatic heterocycles. The Morgan fingerprint density at radius 2 is 1.92 bits per heavy atom. The highest BCUT2D eigenvalue weighted by atomic mass is 32.2. The van der Waals surface area contributed by atoms with Crippen molar-refractivity contribution < 1.29 is 23.1 Å². The molecule has 25 heavy (non-hydrogen) atoms. The predicted octanol–water partition coefficient (Wildman–Crippen LogP) is 0.829.